The van der Waals surface area contributed by atoms with Crippen molar-refractivity contribution < 1.29 is 32.9 Å². The fourth-order valence-corrected chi connectivity index (χ4v) is 7.60. The molecule has 0 aromatic carbocycles. The van der Waals surface area contributed by atoms with Gasteiger partial charge in [0.05, 0.1) is 39.9 Å². The van der Waals surface area contributed by atoms with Crippen LogP contribution in [0.1, 0.15) is 219 Å². The maximum atomic E-state index is 12.9. The fourth-order valence-electron chi connectivity index (χ4n) is 6.86. The summed E-state index contributed by atoms with van der Waals surface area (Å²) in [6.07, 6.45) is 46.7. The van der Waals surface area contributed by atoms with Crippen LogP contribution in [0.15, 0.2) is 24.3 Å². The minimum Gasteiger partial charge on any atom is -0.387 e. The molecule has 9 heteroatoms. The minimum atomic E-state index is -4.34. The van der Waals surface area contributed by atoms with Crippen LogP contribution in [0.4, 0.5) is 0 Å². The third-order valence-electron chi connectivity index (χ3n) is 10.7. The summed E-state index contributed by atoms with van der Waals surface area (Å²) in [7, 11) is 1.57. The van der Waals surface area contributed by atoms with Gasteiger partial charge in [0.15, 0.2) is 0 Å². The molecule has 0 aliphatic heterocycles. The van der Waals surface area contributed by atoms with Crippen molar-refractivity contribution in [2.75, 3.05) is 40.9 Å². The van der Waals surface area contributed by atoms with Crippen LogP contribution in [0, 0.1) is 0 Å². The number of carbonyl (C=O) groups is 1. The monoisotopic (exact) mass is 814 g/mol. The van der Waals surface area contributed by atoms with E-state index in [0.717, 1.165) is 51.4 Å². The lowest BCUT2D eigenvalue weighted by Gasteiger charge is -2.25. The standard InChI is InChI=1S/C47H93N2O6P/c1-6-8-10-12-14-16-18-20-22-24-25-26-28-30-32-34-36-38-40-46(50)45(44-55-56(52,53)54-43-42-49(3,4)5)48-47(51)41-39-37-35-33-31-29-27-23-21-19-17-15-13-11-9-7-2/h23,27,38,40,45-46,50H,6-22,24-26,28-37,39,41-44H2,1-5H3,(H-,48,51,52,53)/p+1/b27-23-,40-38+. The van der Waals surface area contributed by atoms with Gasteiger partial charge in [0.1, 0.15) is 13.2 Å². The van der Waals surface area contributed by atoms with Crippen LogP contribution in [0.5, 0.6) is 0 Å². The van der Waals surface area contributed by atoms with Crippen LogP contribution >= 0.6 is 7.82 Å². The second-order valence-corrected chi connectivity index (χ2v) is 18.9. The summed E-state index contributed by atoms with van der Waals surface area (Å²) in [5.41, 5.74) is 0. The first-order chi connectivity index (χ1) is 27.0. The first-order valence-electron chi connectivity index (χ1n) is 23.7. The molecule has 3 unspecified atom stereocenters. The van der Waals surface area contributed by atoms with Crippen LogP contribution in [-0.2, 0) is 18.4 Å². The van der Waals surface area contributed by atoms with Crippen molar-refractivity contribution >= 4 is 13.7 Å². The highest BCUT2D eigenvalue weighted by Crippen LogP contribution is 2.43. The van der Waals surface area contributed by atoms with Gasteiger partial charge in [0.2, 0.25) is 5.91 Å². The summed E-state index contributed by atoms with van der Waals surface area (Å²) < 4.78 is 23.6. The first kappa shape index (κ1) is 55.0. The van der Waals surface area contributed by atoms with Gasteiger partial charge in [-0.25, -0.2) is 4.57 Å². The summed E-state index contributed by atoms with van der Waals surface area (Å²) in [6, 6.07) is -0.847. The number of likely N-dealkylation sites (N-methyl/N-ethyl adjacent to an activating group) is 1. The molecule has 332 valence electrons. The van der Waals surface area contributed by atoms with Crippen molar-refractivity contribution in [2.24, 2.45) is 0 Å². The highest BCUT2D eigenvalue weighted by Gasteiger charge is 2.27. The van der Waals surface area contributed by atoms with E-state index < -0.39 is 20.0 Å². The summed E-state index contributed by atoms with van der Waals surface area (Å²) >= 11 is 0. The van der Waals surface area contributed by atoms with E-state index in [0.29, 0.717) is 17.4 Å². The predicted molar refractivity (Wildman–Crippen MR) is 240 cm³/mol. The highest BCUT2D eigenvalue weighted by atomic mass is 31.2. The Morgan fingerprint density at radius 2 is 0.964 bits per heavy atom. The molecule has 0 aromatic heterocycles. The molecule has 0 bridgehead atoms. The highest BCUT2D eigenvalue weighted by molar-refractivity contribution is 7.47. The molecule has 0 aliphatic carbocycles. The molecule has 0 heterocycles. The van der Waals surface area contributed by atoms with Gasteiger partial charge in [-0.1, -0.05) is 192 Å². The van der Waals surface area contributed by atoms with Crippen LogP contribution in [0.2, 0.25) is 0 Å². The molecule has 3 N–H and O–H groups in total. The summed E-state index contributed by atoms with van der Waals surface area (Å²) in [5.74, 6) is -0.184. The molecule has 8 nitrogen and oxygen atoms in total. The molecular formula is C47H94N2O6P+. The average Bonchev–Trinajstić information content (AvgIpc) is 3.15. The number of amides is 1. The topological polar surface area (TPSA) is 105 Å². The maximum absolute atomic E-state index is 12.9. The Labute approximate surface area is 347 Å². The number of hydrogen-bond acceptors (Lipinski definition) is 5. The van der Waals surface area contributed by atoms with Crippen LogP contribution < -0.4 is 5.32 Å². The number of carbonyl (C=O) groups excluding carboxylic acids is 1. The Morgan fingerprint density at radius 3 is 1.38 bits per heavy atom. The quantitative estimate of drug-likeness (QED) is 0.0245. The zero-order valence-corrected chi connectivity index (χ0v) is 38.5. The molecule has 0 fully saturated rings. The van der Waals surface area contributed by atoms with E-state index >= 15 is 0 Å². The number of nitrogens with zero attached hydrogens (tertiary/aromatic N) is 1. The van der Waals surface area contributed by atoms with Crippen molar-refractivity contribution in [3.05, 3.63) is 24.3 Å². The van der Waals surface area contributed by atoms with Crippen molar-refractivity contribution in [1.82, 2.24) is 5.32 Å². The SMILES string of the molecule is CCCCCCCCC/C=C\CCCCCCCC(=O)NC(COP(=O)(O)OCC[N+](C)(C)C)C(O)/C=C/CCCCCCCCCCCCCCCCCC. The summed E-state index contributed by atoms with van der Waals surface area (Å²) in [6.45, 7) is 4.82. The van der Waals surface area contributed by atoms with E-state index in [1.807, 2.05) is 27.2 Å². The molecule has 56 heavy (non-hydrogen) atoms. The van der Waals surface area contributed by atoms with E-state index in [1.54, 1.807) is 6.08 Å². The molecule has 0 rings (SSSR count). The second kappa shape index (κ2) is 39.4. The van der Waals surface area contributed by atoms with Crippen LogP contribution in [0.25, 0.3) is 0 Å². The Balaban J connectivity index is 4.39. The van der Waals surface area contributed by atoms with Gasteiger partial charge < -0.3 is 19.8 Å². The number of phosphoric ester groups is 1. The molecule has 0 aliphatic rings. The van der Waals surface area contributed by atoms with Gasteiger partial charge in [-0.3, -0.25) is 13.8 Å². The predicted octanol–water partition coefficient (Wildman–Crippen LogP) is 13.3. The van der Waals surface area contributed by atoms with Crippen molar-refractivity contribution in [1.29, 1.82) is 0 Å². The number of hydrogen-bond donors (Lipinski definition) is 3. The number of unbranched alkanes of at least 4 members (excludes halogenated alkanes) is 28. The van der Waals surface area contributed by atoms with Crippen molar-refractivity contribution in [3.8, 4) is 0 Å². The fraction of sp³-hybridized carbons (Fsp3) is 0.894. The molecule has 3 atom stereocenters. The van der Waals surface area contributed by atoms with Crippen molar-refractivity contribution in [2.45, 2.75) is 231 Å². The second-order valence-electron chi connectivity index (χ2n) is 17.5. The molecule has 1 amide bonds. The normalized spacial score (nSPS) is 14.5. The molecular weight excluding hydrogens is 719 g/mol. The number of allylic oxidation sites excluding steroid dienone is 3. The molecule has 0 aromatic rings. The number of aliphatic hydroxyl groups is 1. The molecule has 0 saturated carbocycles. The largest absolute Gasteiger partial charge is 0.472 e. The zero-order valence-electron chi connectivity index (χ0n) is 37.6. The van der Waals surface area contributed by atoms with E-state index in [4.69, 9.17) is 9.05 Å². The average molecular weight is 814 g/mol. The summed E-state index contributed by atoms with van der Waals surface area (Å²) in [4.78, 5) is 23.1. The number of nitrogens with one attached hydrogen (secondary N) is 1. The van der Waals surface area contributed by atoms with E-state index in [9.17, 15) is 19.4 Å². The lowest BCUT2D eigenvalue weighted by atomic mass is 10.0. The third kappa shape index (κ3) is 41.2. The van der Waals surface area contributed by atoms with Gasteiger partial charge in [0.25, 0.3) is 0 Å². The molecule has 0 spiro atoms. The van der Waals surface area contributed by atoms with Gasteiger partial charge >= 0.3 is 7.82 Å². The van der Waals surface area contributed by atoms with E-state index in [2.05, 4.69) is 31.3 Å². The number of aliphatic hydroxyl groups excluding tert-OH is 1. The lowest BCUT2D eigenvalue weighted by Crippen LogP contribution is -2.45. The minimum absolute atomic E-state index is 0.0611. The van der Waals surface area contributed by atoms with E-state index in [1.165, 1.54) is 148 Å². The number of phosphoric acid groups is 1. The Bertz CT molecular complexity index is 969. The van der Waals surface area contributed by atoms with Crippen LogP contribution in [-0.4, -0.2) is 73.4 Å². The van der Waals surface area contributed by atoms with Gasteiger partial charge in [-0.2, -0.15) is 0 Å². The molecule has 0 radical (unpaired) electrons. The Kier molecular flexibility index (Phi) is 38.7. The first-order valence-corrected chi connectivity index (χ1v) is 25.2. The maximum Gasteiger partial charge on any atom is 0.472 e. The smallest absolute Gasteiger partial charge is 0.387 e. The molecule has 0 saturated heterocycles. The lowest BCUT2D eigenvalue weighted by molar-refractivity contribution is -0.870. The Morgan fingerprint density at radius 1 is 0.589 bits per heavy atom. The summed E-state index contributed by atoms with van der Waals surface area (Å²) in [5, 5.41) is 13.8. The van der Waals surface area contributed by atoms with E-state index in [-0.39, 0.29) is 19.1 Å². The Hall–Kier alpha value is -1.02. The third-order valence-corrected chi connectivity index (χ3v) is 11.6. The van der Waals surface area contributed by atoms with Crippen LogP contribution in [0.3, 0.4) is 0 Å². The van der Waals surface area contributed by atoms with Crippen molar-refractivity contribution in [3.63, 3.8) is 0 Å². The number of quaternary nitrogens is 1. The zero-order chi connectivity index (χ0) is 41.4. The van der Waals surface area contributed by atoms with Gasteiger partial charge in [-0.05, 0) is 44.9 Å². The van der Waals surface area contributed by atoms with Gasteiger partial charge in [-0.15, -0.1) is 0 Å². The number of rotatable bonds is 43. The van der Waals surface area contributed by atoms with Gasteiger partial charge in [0, 0.05) is 6.42 Å².